The van der Waals surface area contributed by atoms with Gasteiger partial charge in [0, 0.05) is 5.56 Å². The van der Waals surface area contributed by atoms with E-state index in [1.165, 1.54) is 18.5 Å². The largest absolute Gasteiger partial charge is 0.354 e. The van der Waals surface area contributed by atoms with Crippen LogP contribution in [0.25, 0.3) is 11.3 Å². The maximum absolute atomic E-state index is 12.8. The van der Waals surface area contributed by atoms with Gasteiger partial charge in [-0.25, -0.2) is 4.68 Å². The molecule has 1 fully saturated rings. The van der Waals surface area contributed by atoms with E-state index in [-0.39, 0.29) is 11.1 Å². The topological polar surface area (TPSA) is 90.0 Å². The van der Waals surface area contributed by atoms with Crippen molar-refractivity contribution >= 4 is 15.7 Å². The summed E-state index contributed by atoms with van der Waals surface area (Å²) >= 11 is 0. The Kier molecular flexibility index (Phi) is 3.61. The molecular formula is C16H16N4O3S. The molecule has 124 valence electrons. The molecule has 0 spiro atoms. The van der Waals surface area contributed by atoms with Crippen molar-refractivity contribution in [2.75, 3.05) is 4.72 Å². The molecule has 2 aromatic heterocycles. The Morgan fingerprint density at radius 2 is 1.96 bits per heavy atom. The Bertz CT molecular complexity index is 943. The number of benzene rings is 1. The fourth-order valence-electron chi connectivity index (χ4n) is 2.73. The van der Waals surface area contributed by atoms with E-state index in [2.05, 4.69) is 15.0 Å². The van der Waals surface area contributed by atoms with Gasteiger partial charge in [-0.15, -0.1) is 0 Å². The van der Waals surface area contributed by atoms with Crippen molar-refractivity contribution in [2.24, 2.45) is 0 Å². The molecule has 7 nitrogen and oxygen atoms in total. The number of hydrogen-bond donors (Lipinski definition) is 1. The summed E-state index contributed by atoms with van der Waals surface area (Å²) in [5, 5.41) is 8.06. The predicted molar refractivity (Wildman–Crippen MR) is 87.9 cm³/mol. The van der Waals surface area contributed by atoms with Crippen molar-refractivity contribution in [3.8, 4) is 11.3 Å². The monoisotopic (exact) mass is 344 g/mol. The first-order chi connectivity index (χ1) is 11.6. The Balaban J connectivity index is 1.66. The van der Waals surface area contributed by atoms with Crippen molar-refractivity contribution in [1.29, 1.82) is 0 Å². The Hall–Kier alpha value is -2.61. The van der Waals surface area contributed by atoms with Crippen LogP contribution in [0.4, 0.5) is 5.69 Å². The lowest BCUT2D eigenvalue weighted by Gasteiger charge is -2.27. The van der Waals surface area contributed by atoms with Crippen molar-refractivity contribution in [3.05, 3.63) is 48.8 Å². The third-order valence-corrected chi connectivity index (χ3v) is 5.54. The van der Waals surface area contributed by atoms with E-state index in [1.807, 2.05) is 30.3 Å². The molecule has 0 saturated heterocycles. The Morgan fingerprint density at radius 3 is 2.67 bits per heavy atom. The second-order valence-electron chi connectivity index (χ2n) is 5.74. The number of aromatic nitrogens is 3. The molecule has 1 saturated carbocycles. The molecule has 1 aliphatic carbocycles. The molecule has 0 atom stereocenters. The van der Waals surface area contributed by atoms with Gasteiger partial charge in [-0.3, -0.25) is 4.72 Å². The molecule has 4 rings (SSSR count). The molecule has 0 unspecified atom stereocenters. The first kappa shape index (κ1) is 14.9. The molecule has 0 amide bonds. The average Bonchev–Trinajstić information content (AvgIpc) is 3.16. The van der Waals surface area contributed by atoms with Crippen LogP contribution in [0.3, 0.4) is 0 Å². The van der Waals surface area contributed by atoms with Gasteiger partial charge in [0.2, 0.25) is 0 Å². The van der Waals surface area contributed by atoms with Gasteiger partial charge in [0.05, 0.1) is 18.4 Å². The van der Waals surface area contributed by atoms with Crippen molar-refractivity contribution in [3.63, 3.8) is 0 Å². The summed E-state index contributed by atoms with van der Waals surface area (Å²) in [7, 11) is -3.77. The Labute approximate surface area is 139 Å². The van der Waals surface area contributed by atoms with Crippen LogP contribution in [0.5, 0.6) is 0 Å². The van der Waals surface area contributed by atoms with Gasteiger partial charge >= 0.3 is 0 Å². The molecule has 0 radical (unpaired) electrons. The molecule has 1 aliphatic rings. The van der Waals surface area contributed by atoms with E-state index in [0.29, 0.717) is 11.4 Å². The number of nitrogens with zero attached hydrogens (tertiary/aromatic N) is 3. The van der Waals surface area contributed by atoms with E-state index in [4.69, 9.17) is 4.52 Å². The van der Waals surface area contributed by atoms with Crippen LogP contribution in [0, 0.1) is 0 Å². The standard InChI is InChI=1S/C16H16N4O3S/c21-24(22,15-9-10-17-20(15)13-7-4-8-13)19-14-11-18-23-16(14)12-5-2-1-3-6-12/h1-3,5-6,9-11,13,19H,4,7-8H2. The lowest BCUT2D eigenvalue weighted by atomic mass is 9.93. The van der Waals surface area contributed by atoms with Crippen LogP contribution in [-0.2, 0) is 10.0 Å². The summed E-state index contributed by atoms with van der Waals surface area (Å²) in [6.07, 6.45) is 5.88. The molecular weight excluding hydrogens is 328 g/mol. The zero-order chi connectivity index (χ0) is 16.6. The summed E-state index contributed by atoms with van der Waals surface area (Å²) in [5.74, 6) is 0.383. The van der Waals surface area contributed by atoms with Crippen LogP contribution >= 0.6 is 0 Å². The van der Waals surface area contributed by atoms with Gasteiger partial charge in [0.1, 0.15) is 5.69 Å². The SMILES string of the molecule is O=S(=O)(Nc1cnoc1-c1ccccc1)c1ccnn1C1CCC1. The van der Waals surface area contributed by atoms with E-state index >= 15 is 0 Å². The highest BCUT2D eigenvalue weighted by molar-refractivity contribution is 7.92. The fourth-order valence-corrected chi connectivity index (χ4v) is 3.95. The number of nitrogens with one attached hydrogen (secondary N) is 1. The number of sulfonamides is 1. The molecule has 1 N–H and O–H groups in total. The third-order valence-electron chi connectivity index (χ3n) is 4.18. The minimum absolute atomic E-state index is 0.155. The number of rotatable bonds is 5. The zero-order valence-electron chi connectivity index (χ0n) is 12.8. The van der Waals surface area contributed by atoms with Gasteiger partial charge in [-0.2, -0.15) is 13.5 Å². The lowest BCUT2D eigenvalue weighted by molar-refractivity contribution is 0.271. The summed E-state index contributed by atoms with van der Waals surface area (Å²) in [4.78, 5) is 0. The minimum Gasteiger partial charge on any atom is -0.354 e. The maximum atomic E-state index is 12.8. The summed E-state index contributed by atoms with van der Waals surface area (Å²) < 4.78 is 34.9. The highest BCUT2D eigenvalue weighted by Gasteiger charge is 2.28. The maximum Gasteiger partial charge on any atom is 0.279 e. The van der Waals surface area contributed by atoms with Gasteiger partial charge in [-0.05, 0) is 25.3 Å². The second kappa shape index (κ2) is 5.79. The van der Waals surface area contributed by atoms with E-state index in [9.17, 15) is 8.42 Å². The van der Waals surface area contributed by atoms with E-state index in [0.717, 1.165) is 24.8 Å². The summed E-state index contributed by atoms with van der Waals surface area (Å²) in [6, 6.07) is 10.9. The highest BCUT2D eigenvalue weighted by Crippen LogP contribution is 2.34. The van der Waals surface area contributed by atoms with Crippen LogP contribution < -0.4 is 4.72 Å². The molecule has 3 aromatic rings. The molecule has 1 aromatic carbocycles. The van der Waals surface area contributed by atoms with Gasteiger partial charge in [0.25, 0.3) is 10.0 Å². The average molecular weight is 344 g/mol. The lowest BCUT2D eigenvalue weighted by Crippen LogP contribution is -2.24. The number of hydrogen-bond acceptors (Lipinski definition) is 5. The normalized spacial score (nSPS) is 15.2. The molecule has 24 heavy (non-hydrogen) atoms. The molecule has 8 heteroatoms. The molecule has 0 bridgehead atoms. The second-order valence-corrected chi connectivity index (χ2v) is 7.37. The van der Waals surface area contributed by atoms with Gasteiger partial charge in [0.15, 0.2) is 10.8 Å². The molecule has 2 heterocycles. The summed E-state index contributed by atoms with van der Waals surface area (Å²) in [6.45, 7) is 0. The third kappa shape index (κ3) is 2.58. The molecule has 0 aliphatic heterocycles. The first-order valence-corrected chi connectivity index (χ1v) is 9.20. The Morgan fingerprint density at radius 1 is 1.17 bits per heavy atom. The minimum atomic E-state index is -3.77. The number of anilines is 1. The fraction of sp³-hybridized carbons (Fsp3) is 0.250. The zero-order valence-corrected chi connectivity index (χ0v) is 13.6. The van der Waals surface area contributed by atoms with Gasteiger partial charge < -0.3 is 4.52 Å². The first-order valence-electron chi connectivity index (χ1n) is 7.71. The van der Waals surface area contributed by atoms with E-state index < -0.39 is 10.0 Å². The van der Waals surface area contributed by atoms with Crippen LogP contribution in [-0.4, -0.2) is 23.4 Å². The van der Waals surface area contributed by atoms with Crippen LogP contribution in [0.2, 0.25) is 0 Å². The quantitative estimate of drug-likeness (QED) is 0.768. The van der Waals surface area contributed by atoms with E-state index in [1.54, 1.807) is 4.68 Å². The van der Waals surface area contributed by atoms with Crippen LogP contribution in [0.15, 0.2) is 58.3 Å². The summed E-state index contributed by atoms with van der Waals surface area (Å²) in [5.41, 5.74) is 1.06. The van der Waals surface area contributed by atoms with Gasteiger partial charge in [-0.1, -0.05) is 35.5 Å². The van der Waals surface area contributed by atoms with Crippen LogP contribution in [0.1, 0.15) is 25.3 Å². The van der Waals surface area contributed by atoms with Crippen molar-refractivity contribution < 1.29 is 12.9 Å². The highest BCUT2D eigenvalue weighted by atomic mass is 32.2. The van der Waals surface area contributed by atoms with Crippen molar-refractivity contribution in [2.45, 2.75) is 30.3 Å². The van der Waals surface area contributed by atoms with Crippen molar-refractivity contribution in [1.82, 2.24) is 14.9 Å². The predicted octanol–water partition coefficient (Wildman–Crippen LogP) is 3.06. The smallest absolute Gasteiger partial charge is 0.279 e.